The van der Waals surface area contributed by atoms with E-state index in [0.717, 1.165) is 17.8 Å². The largest absolute Gasteiger partial charge is 0.354 e. The van der Waals surface area contributed by atoms with Crippen molar-refractivity contribution in [2.45, 2.75) is 24.5 Å². The van der Waals surface area contributed by atoms with Crippen LogP contribution in [-0.2, 0) is 10.0 Å². The summed E-state index contributed by atoms with van der Waals surface area (Å²) in [5, 5.41) is 8.77. The first-order valence-corrected chi connectivity index (χ1v) is 10.2. The minimum absolute atomic E-state index is 0.0862. The minimum atomic E-state index is -3.86. The molecule has 22 heavy (non-hydrogen) atoms. The van der Waals surface area contributed by atoms with E-state index in [2.05, 4.69) is 37.7 Å². The number of guanidine groups is 1. The van der Waals surface area contributed by atoms with Crippen molar-refractivity contribution in [2.24, 2.45) is 15.4 Å². The van der Waals surface area contributed by atoms with Crippen molar-refractivity contribution < 1.29 is 8.42 Å². The fourth-order valence-corrected chi connectivity index (χ4v) is 5.79. The summed E-state index contributed by atoms with van der Waals surface area (Å²) < 4.78 is 29.7. The normalized spacial score (nSPS) is 19.0. The summed E-state index contributed by atoms with van der Waals surface area (Å²) in [6, 6.07) is 1.54. The SMILES string of the molecule is CCN/C(=N\S(=O)(=O)c1sc(Cl)cc1Br)N1CC(CC)C=N1. The van der Waals surface area contributed by atoms with Crippen molar-refractivity contribution in [3.05, 3.63) is 14.9 Å². The highest BCUT2D eigenvalue weighted by molar-refractivity contribution is 9.10. The molecule has 1 N–H and O–H groups in total. The molecule has 1 atom stereocenters. The second-order valence-electron chi connectivity index (χ2n) is 4.62. The van der Waals surface area contributed by atoms with Crippen molar-refractivity contribution in [1.82, 2.24) is 10.3 Å². The van der Waals surface area contributed by atoms with Crippen molar-refractivity contribution >= 4 is 61.1 Å². The molecule has 1 aliphatic rings. The van der Waals surface area contributed by atoms with E-state index in [-0.39, 0.29) is 10.2 Å². The topological polar surface area (TPSA) is 74.1 Å². The monoisotopic (exact) mass is 426 g/mol. The van der Waals surface area contributed by atoms with Crippen LogP contribution in [0.15, 0.2) is 24.2 Å². The quantitative estimate of drug-likeness (QED) is 0.592. The first kappa shape index (κ1) is 17.7. The number of thiophene rings is 1. The molecule has 0 spiro atoms. The van der Waals surface area contributed by atoms with Crippen LogP contribution in [0.3, 0.4) is 0 Å². The maximum absolute atomic E-state index is 12.5. The molecule has 0 fully saturated rings. The lowest BCUT2D eigenvalue weighted by molar-refractivity contribution is 0.426. The van der Waals surface area contributed by atoms with E-state index >= 15 is 0 Å². The number of rotatable bonds is 4. The van der Waals surface area contributed by atoms with Gasteiger partial charge in [0.25, 0.3) is 10.0 Å². The van der Waals surface area contributed by atoms with Crippen LogP contribution in [0.1, 0.15) is 20.3 Å². The van der Waals surface area contributed by atoms with E-state index in [1.165, 1.54) is 0 Å². The van der Waals surface area contributed by atoms with Crippen LogP contribution in [0.2, 0.25) is 4.34 Å². The third kappa shape index (κ3) is 4.01. The zero-order chi connectivity index (χ0) is 16.3. The summed E-state index contributed by atoms with van der Waals surface area (Å²) in [6.07, 6.45) is 2.76. The summed E-state index contributed by atoms with van der Waals surface area (Å²) in [7, 11) is -3.86. The average Bonchev–Trinajstić information content (AvgIpc) is 3.04. The third-order valence-corrected chi connectivity index (χ3v) is 7.19. The molecule has 10 heteroatoms. The molecular weight excluding hydrogens is 412 g/mol. The maximum atomic E-state index is 12.5. The Kier molecular flexibility index (Phi) is 5.87. The van der Waals surface area contributed by atoms with E-state index in [9.17, 15) is 8.42 Å². The summed E-state index contributed by atoms with van der Waals surface area (Å²) in [5.74, 6) is 0.528. The Hall–Kier alpha value is -0.640. The van der Waals surface area contributed by atoms with E-state index in [0.29, 0.717) is 27.8 Å². The number of sulfonamides is 1. The van der Waals surface area contributed by atoms with Crippen molar-refractivity contribution in [1.29, 1.82) is 0 Å². The molecule has 0 bridgehead atoms. The molecule has 1 aromatic heterocycles. The highest BCUT2D eigenvalue weighted by Gasteiger charge is 2.25. The Morgan fingerprint density at radius 2 is 2.36 bits per heavy atom. The van der Waals surface area contributed by atoms with Gasteiger partial charge >= 0.3 is 0 Å². The zero-order valence-corrected chi connectivity index (χ0v) is 16.1. The zero-order valence-electron chi connectivity index (χ0n) is 12.1. The fourth-order valence-electron chi connectivity index (χ4n) is 1.85. The van der Waals surface area contributed by atoms with Gasteiger partial charge in [0.1, 0.15) is 0 Å². The Bertz CT molecular complexity index is 702. The van der Waals surface area contributed by atoms with Crippen molar-refractivity contribution in [3.63, 3.8) is 0 Å². The number of hydrogen-bond donors (Lipinski definition) is 1. The van der Waals surface area contributed by atoms with Crippen LogP contribution in [0.25, 0.3) is 0 Å². The number of nitrogens with one attached hydrogen (secondary N) is 1. The molecular formula is C12H16BrClN4O2S2. The molecule has 122 valence electrons. The van der Waals surface area contributed by atoms with E-state index in [1.807, 2.05) is 13.1 Å². The molecule has 1 aliphatic heterocycles. The van der Waals surface area contributed by atoms with Crippen molar-refractivity contribution in [3.8, 4) is 0 Å². The predicted octanol–water partition coefficient (Wildman–Crippen LogP) is 3.15. The first-order chi connectivity index (χ1) is 10.4. The summed E-state index contributed by atoms with van der Waals surface area (Å²) in [5.41, 5.74) is 0. The molecule has 1 unspecified atom stereocenters. The van der Waals surface area contributed by atoms with Gasteiger partial charge in [-0.1, -0.05) is 18.5 Å². The minimum Gasteiger partial charge on any atom is -0.354 e. The molecule has 0 saturated carbocycles. The molecule has 0 saturated heterocycles. The van der Waals surface area contributed by atoms with Crippen molar-refractivity contribution in [2.75, 3.05) is 13.1 Å². The van der Waals surface area contributed by atoms with E-state index < -0.39 is 10.0 Å². The van der Waals surface area contributed by atoms with E-state index in [1.54, 1.807) is 11.1 Å². The smallest absolute Gasteiger partial charge is 0.296 e. The summed E-state index contributed by atoms with van der Waals surface area (Å²) >= 11 is 10.0. The lowest BCUT2D eigenvalue weighted by Crippen LogP contribution is -2.38. The molecule has 0 aromatic carbocycles. The van der Waals surface area contributed by atoms with Gasteiger partial charge in [0.05, 0.1) is 15.4 Å². The molecule has 6 nitrogen and oxygen atoms in total. The standard InChI is InChI=1S/C12H16BrClN4O2S2/c1-3-8-6-16-18(7-8)12(15-4-2)17-22(19,20)11-9(13)5-10(14)21-11/h5-6,8H,3-4,7H2,1-2H3,(H,15,17). The Balaban J connectivity index is 2.33. The predicted molar refractivity (Wildman–Crippen MR) is 94.3 cm³/mol. The van der Waals surface area contributed by atoms with Crippen LogP contribution in [0.4, 0.5) is 0 Å². The van der Waals surface area contributed by atoms with Crippen LogP contribution in [0, 0.1) is 5.92 Å². The van der Waals surface area contributed by atoms with Gasteiger partial charge in [-0.05, 0) is 35.3 Å². The Morgan fingerprint density at radius 3 is 2.86 bits per heavy atom. The number of hydrogen-bond acceptors (Lipinski definition) is 4. The number of halogens is 2. The van der Waals surface area contributed by atoms with Gasteiger partial charge in [0.2, 0.25) is 5.96 Å². The number of hydrazone groups is 1. The summed E-state index contributed by atoms with van der Waals surface area (Å²) in [6.45, 7) is 5.09. The lowest BCUT2D eigenvalue weighted by Gasteiger charge is -2.18. The fraction of sp³-hybridized carbons (Fsp3) is 0.500. The van der Waals surface area contributed by atoms with Gasteiger partial charge in [-0.15, -0.1) is 15.7 Å². The molecule has 2 rings (SSSR count). The molecule has 2 heterocycles. The lowest BCUT2D eigenvalue weighted by atomic mass is 10.1. The van der Waals surface area contributed by atoms with Crippen LogP contribution >= 0.6 is 38.9 Å². The van der Waals surface area contributed by atoms with Gasteiger partial charge in [0, 0.05) is 18.7 Å². The van der Waals surface area contributed by atoms with Crippen LogP contribution in [0.5, 0.6) is 0 Å². The van der Waals surface area contributed by atoms with Gasteiger partial charge in [-0.3, -0.25) is 0 Å². The first-order valence-electron chi connectivity index (χ1n) is 6.72. The summed E-state index contributed by atoms with van der Waals surface area (Å²) in [4.78, 5) is 0. The van der Waals surface area contributed by atoms with Gasteiger partial charge in [0.15, 0.2) is 4.21 Å². The maximum Gasteiger partial charge on any atom is 0.296 e. The highest BCUT2D eigenvalue weighted by Crippen LogP contribution is 2.35. The average molecular weight is 428 g/mol. The van der Waals surface area contributed by atoms with Crippen LogP contribution < -0.4 is 5.32 Å². The van der Waals surface area contributed by atoms with Crippen LogP contribution in [-0.4, -0.2) is 38.7 Å². The highest BCUT2D eigenvalue weighted by atomic mass is 79.9. The Morgan fingerprint density at radius 1 is 1.64 bits per heavy atom. The van der Waals surface area contributed by atoms with Gasteiger partial charge < -0.3 is 5.32 Å². The molecule has 0 amide bonds. The third-order valence-electron chi connectivity index (χ3n) is 2.99. The second kappa shape index (κ2) is 7.29. The molecule has 1 aromatic rings. The number of nitrogens with zero attached hydrogens (tertiary/aromatic N) is 3. The second-order valence-corrected chi connectivity index (χ2v) is 8.96. The van der Waals surface area contributed by atoms with E-state index in [4.69, 9.17) is 11.6 Å². The Labute approximate surface area is 147 Å². The van der Waals surface area contributed by atoms with Gasteiger partial charge in [-0.25, -0.2) is 5.01 Å². The van der Waals surface area contributed by atoms with Gasteiger partial charge in [-0.2, -0.15) is 13.5 Å². The molecule has 0 aliphatic carbocycles. The molecule has 0 radical (unpaired) electrons.